The van der Waals surface area contributed by atoms with Crippen LogP contribution in [0.1, 0.15) is 49.1 Å². The second kappa shape index (κ2) is 12.1. The first-order valence-corrected chi connectivity index (χ1v) is 11.3. The van der Waals surface area contributed by atoms with Crippen molar-refractivity contribution in [3.63, 3.8) is 0 Å². The monoisotopic (exact) mass is 431 g/mol. The number of methoxy groups -OCH3 is 1. The second-order valence-corrected chi connectivity index (χ2v) is 8.63. The van der Waals surface area contributed by atoms with Gasteiger partial charge in [-0.05, 0) is 57.6 Å². The minimum absolute atomic E-state index is 0.261. The summed E-state index contributed by atoms with van der Waals surface area (Å²) < 4.78 is 16.7. The standard InChI is InChI=1S/C24H37N3O4/c1-19-13-22(31-25-19)17-26(2)15-20-9-10-23(24(14-20)29-3)30-18-21(28)16-27-11-7-5-4-6-8-12-27/h9-10,13-14,21,28H,4-8,11-12,15-18H2,1-3H3/t21-/m1/s1. The highest BCUT2D eigenvalue weighted by Crippen LogP contribution is 2.29. The van der Waals surface area contributed by atoms with Gasteiger partial charge in [-0.15, -0.1) is 0 Å². The first-order chi connectivity index (χ1) is 15.0. The Hall–Kier alpha value is -2.09. The summed E-state index contributed by atoms with van der Waals surface area (Å²) in [5.41, 5.74) is 2.00. The Morgan fingerprint density at radius 2 is 1.84 bits per heavy atom. The molecular formula is C24H37N3O4. The highest BCUT2D eigenvalue weighted by atomic mass is 16.5. The van der Waals surface area contributed by atoms with Crippen molar-refractivity contribution in [1.82, 2.24) is 15.0 Å². The number of hydrogen-bond donors (Lipinski definition) is 1. The van der Waals surface area contributed by atoms with Crippen molar-refractivity contribution < 1.29 is 19.1 Å². The smallest absolute Gasteiger partial charge is 0.161 e. The molecule has 7 heteroatoms. The van der Waals surface area contributed by atoms with Crippen molar-refractivity contribution in [2.24, 2.45) is 0 Å². The van der Waals surface area contributed by atoms with E-state index in [9.17, 15) is 5.11 Å². The third-order valence-corrected chi connectivity index (χ3v) is 5.63. The maximum Gasteiger partial charge on any atom is 0.161 e. The third-order valence-electron chi connectivity index (χ3n) is 5.63. The van der Waals surface area contributed by atoms with Gasteiger partial charge in [0.15, 0.2) is 17.3 Å². The third kappa shape index (κ3) is 7.83. The average Bonchev–Trinajstić information content (AvgIpc) is 3.13. The maximum absolute atomic E-state index is 10.5. The molecule has 0 unspecified atom stereocenters. The van der Waals surface area contributed by atoms with Crippen molar-refractivity contribution in [3.8, 4) is 11.5 Å². The van der Waals surface area contributed by atoms with Crippen LogP contribution in [-0.2, 0) is 13.1 Å². The quantitative estimate of drug-likeness (QED) is 0.616. The lowest BCUT2D eigenvalue weighted by atomic mass is 10.1. The summed E-state index contributed by atoms with van der Waals surface area (Å²) in [6.45, 7) is 6.40. The van der Waals surface area contributed by atoms with Gasteiger partial charge in [-0.1, -0.05) is 30.5 Å². The fourth-order valence-corrected chi connectivity index (χ4v) is 4.09. The van der Waals surface area contributed by atoms with Gasteiger partial charge in [0.05, 0.1) is 19.3 Å². The minimum atomic E-state index is -0.514. The molecule has 1 aromatic heterocycles. The number of rotatable bonds is 10. The molecule has 0 bridgehead atoms. The molecule has 0 amide bonds. The molecule has 1 aliphatic heterocycles. The molecule has 0 spiro atoms. The summed E-state index contributed by atoms with van der Waals surface area (Å²) in [5, 5.41) is 14.4. The first-order valence-electron chi connectivity index (χ1n) is 11.3. The Morgan fingerprint density at radius 1 is 1.10 bits per heavy atom. The Labute approximate surface area is 185 Å². The van der Waals surface area contributed by atoms with Gasteiger partial charge in [0.2, 0.25) is 0 Å². The SMILES string of the molecule is COc1cc(CN(C)Cc2cc(C)no2)ccc1OC[C@H](O)CN1CCCCCCC1. The summed E-state index contributed by atoms with van der Waals surface area (Å²) in [6, 6.07) is 7.89. The largest absolute Gasteiger partial charge is 0.493 e. The van der Waals surface area contributed by atoms with Crippen molar-refractivity contribution in [3.05, 3.63) is 41.3 Å². The van der Waals surface area contributed by atoms with E-state index >= 15 is 0 Å². The summed E-state index contributed by atoms with van der Waals surface area (Å²) in [7, 11) is 3.68. The van der Waals surface area contributed by atoms with E-state index in [1.807, 2.05) is 38.2 Å². The van der Waals surface area contributed by atoms with E-state index in [1.165, 1.54) is 32.1 Å². The van der Waals surface area contributed by atoms with Gasteiger partial charge in [-0.3, -0.25) is 4.90 Å². The van der Waals surface area contributed by atoms with E-state index in [-0.39, 0.29) is 6.61 Å². The van der Waals surface area contributed by atoms with E-state index in [1.54, 1.807) is 7.11 Å². The van der Waals surface area contributed by atoms with Gasteiger partial charge in [-0.2, -0.15) is 0 Å². The molecule has 7 nitrogen and oxygen atoms in total. The molecular weight excluding hydrogens is 394 g/mol. The van der Waals surface area contributed by atoms with Crippen LogP contribution in [0.2, 0.25) is 0 Å². The Morgan fingerprint density at radius 3 is 2.52 bits per heavy atom. The fourth-order valence-electron chi connectivity index (χ4n) is 4.09. The predicted octanol–water partition coefficient (Wildman–Crippen LogP) is 3.63. The molecule has 0 aliphatic carbocycles. The Bertz CT molecular complexity index is 787. The van der Waals surface area contributed by atoms with Crippen molar-refractivity contribution in [1.29, 1.82) is 0 Å². The van der Waals surface area contributed by atoms with Crippen molar-refractivity contribution in [2.45, 2.75) is 58.2 Å². The van der Waals surface area contributed by atoms with Crippen LogP contribution in [0.15, 0.2) is 28.8 Å². The van der Waals surface area contributed by atoms with Gasteiger partial charge < -0.3 is 24.0 Å². The number of ether oxygens (including phenoxy) is 2. The van der Waals surface area contributed by atoms with Crippen LogP contribution in [0.4, 0.5) is 0 Å². The lowest BCUT2D eigenvalue weighted by molar-refractivity contribution is 0.0645. The molecule has 0 radical (unpaired) electrons. The van der Waals surface area contributed by atoms with Gasteiger partial charge in [0.25, 0.3) is 0 Å². The Kier molecular flexibility index (Phi) is 9.18. The molecule has 1 atom stereocenters. The molecule has 2 aromatic rings. The normalized spacial score (nSPS) is 16.7. The number of hydrogen-bond acceptors (Lipinski definition) is 7. The number of aryl methyl sites for hydroxylation is 1. The predicted molar refractivity (Wildman–Crippen MR) is 120 cm³/mol. The van der Waals surface area contributed by atoms with Crippen LogP contribution < -0.4 is 9.47 Å². The molecule has 172 valence electrons. The number of likely N-dealkylation sites (tertiary alicyclic amines) is 1. The topological polar surface area (TPSA) is 71.2 Å². The second-order valence-electron chi connectivity index (χ2n) is 8.63. The number of aliphatic hydroxyl groups excluding tert-OH is 1. The van der Waals surface area contributed by atoms with Crippen LogP contribution in [0.5, 0.6) is 11.5 Å². The highest BCUT2D eigenvalue weighted by molar-refractivity contribution is 5.43. The van der Waals surface area contributed by atoms with Gasteiger partial charge in [0.1, 0.15) is 12.7 Å². The molecule has 1 N–H and O–H groups in total. The molecule has 1 aromatic carbocycles. The fraction of sp³-hybridized carbons (Fsp3) is 0.625. The Balaban J connectivity index is 1.49. The molecule has 31 heavy (non-hydrogen) atoms. The van der Waals surface area contributed by atoms with Crippen LogP contribution in [-0.4, -0.2) is 66.6 Å². The van der Waals surface area contributed by atoms with Crippen molar-refractivity contribution in [2.75, 3.05) is 40.4 Å². The molecule has 1 fully saturated rings. The molecule has 1 aliphatic rings. The summed E-state index contributed by atoms with van der Waals surface area (Å²) in [4.78, 5) is 4.52. The lowest BCUT2D eigenvalue weighted by Crippen LogP contribution is -2.37. The number of aromatic nitrogens is 1. The number of nitrogens with zero attached hydrogens (tertiary/aromatic N) is 3. The summed E-state index contributed by atoms with van der Waals surface area (Å²) >= 11 is 0. The van der Waals surface area contributed by atoms with E-state index < -0.39 is 6.10 Å². The van der Waals surface area contributed by atoms with E-state index in [0.29, 0.717) is 24.6 Å². The average molecular weight is 432 g/mol. The van der Waals surface area contributed by atoms with Crippen LogP contribution >= 0.6 is 0 Å². The number of aliphatic hydroxyl groups is 1. The molecule has 3 rings (SSSR count). The summed E-state index contributed by atoms with van der Waals surface area (Å²) in [6.07, 6.45) is 5.84. The lowest BCUT2D eigenvalue weighted by Gasteiger charge is -2.26. The van der Waals surface area contributed by atoms with E-state index in [4.69, 9.17) is 14.0 Å². The molecule has 0 saturated carbocycles. The highest BCUT2D eigenvalue weighted by Gasteiger charge is 2.15. The summed E-state index contributed by atoms with van der Waals surface area (Å²) in [5.74, 6) is 2.19. The molecule has 2 heterocycles. The zero-order valence-electron chi connectivity index (χ0n) is 19.2. The first kappa shape index (κ1) is 23.6. The van der Waals surface area contributed by atoms with Crippen molar-refractivity contribution >= 4 is 0 Å². The van der Waals surface area contributed by atoms with Crippen LogP contribution in [0, 0.1) is 6.92 Å². The van der Waals surface area contributed by atoms with Crippen LogP contribution in [0.25, 0.3) is 0 Å². The molecule has 1 saturated heterocycles. The van der Waals surface area contributed by atoms with Gasteiger partial charge >= 0.3 is 0 Å². The zero-order chi connectivity index (χ0) is 22.1. The van der Waals surface area contributed by atoms with Crippen LogP contribution in [0.3, 0.4) is 0 Å². The van der Waals surface area contributed by atoms with E-state index in [0.717, 1.165) is 36.7 Å². The number of benzene rings is 1. The number of β-amino-alcohol motifs (C(OH)–C–C–N with tert-alkyl or cyclic N) is 1. The zero-order valence-corrected chi connectivity index (χ0v) is 19.2. The minimum Gasteiger partial charge on any atom is -0.493 e. The van der Waals surface area contributed by atoms with Gasteiger partial charge in [-0.25, -0.2) is 0 Å². The van der Waals surface area contributed by atoms with E-state index in [2.05, 4.69) is 15.0 Å². The van der Waals surface area contributed by atoms with Gasteiger partial charge in [0, 0.05) is 19.2 Å². The maximum atomic E-state index is 10.5.